The maximum absolute atomic E-state index is 12.3. The number of carbonyl (C=O) groups is 1. The standard InChI is InChI=1S/C22H24N2O2.C6H6.C2H6/c1-5-16(4)24-22(25)17-7-6-8-18(13-17)26-21-9-10-23-20-12-15(3)14(2)11-19(20)21;1-2-4-6-5-3-1;1-2/h6-13,16H,5H2,1-4H3,(H,24,25);1-6H;1-2H3. The zero-order chi connectivity index (χ0) is 24.9. The fourth-order valence-corrected chi connectivity index (χ4v) is 3.09. The number of ether oxygens (including phenoxy) is 1. The van der Waals surface area contributed by atoms with Crippen LogP contribution in [0.4, 0.5) is 0 Å². The quantitative estimate of drug-likeness (QED) is 0.332. The number of rotatable bonds is 5. The predicted molar refractivity (Wildman–Crippen MR) is 143 cm³/mol. The van der Waals surface area contributed by atoms with E-state index < -0.39 is 0 Å². The van der Waals surface area contributed by atoms with Crippen molar-refractivity contribution in [2.45, 2.75) is 54.0 Å². The summed E-state index contributed by atoms with van der Waals surface area (Å²) in [7, 11) is 0. The molecule has 1 unspecified atom stereocenters. The van der Waals surface area contributed by atoms with Gasteiger partial charge < -0.3 is 10.1 Å². The molecule has 0 aliphatic heterocycles. The number of nitrogens with one attached hydrogen (secondary N) is 1. The molecule has 34 heavy (non-hydrogen) atoms. The zero-order valence-electron chi connectivity index (χ0n) is 21.1. The molecule has 0 radical (unpaired) electrons. The highest BCUT2D eigenvalue weighted by Crippen LogP contribution is 2.30. The molecule has 1 N–H and O–H groups in total. The molecule has 0 bridgehead atoms. The topological polar surface area (TPSA) is 51.2 Å². The Bertz CT molecular complexity index is 1150. The smallest absolute Gasteiger partial charge is 0.251 e. The summed E-state index contributed by atoms with van der Waals surface area (Å²) in [4.78, 5) is 16.8. The van der Waals surface area contributed by atoms with Crippen LogP contribution in [0.1, 0.15) is 55.6 Å². The number of pyridine rings is 1. The summed E-state index contributed by atoms with van der Waals surface area (Å²) in [6, 6.07) is 25.4. The molecule has 0 aliphatic carbocycles. The molecule has 1 aromatic heterocycles. The number of carbonyl (C=O) groups excluding carboxylic acids is 1. The highest BCUT2D eigenvalue weighted by atomic mass is 16.5. The lowest BCUT2D eigenvalue weighted by molar-refractivity contribution is 0.0939. The Kier molecular flexibility index (Phi) is 10.8. The van der Waals surface area contributed by atoms with E-state index in [1.54, 1.807) is 18.3 Å². The predicted octanol–water partition coefficient (Wildman–Crippen LogP) is 7.89. The van der Waals surface area contributed by atoms with E-state index in [4.69, 9.17) is 4.74 Å². The van der Waals surface area contributed by atoms with Crippen LogP contribution in [0.15, 0.2) is 85.1 Å². The van der Waals surface area contributed by atoms with Crippen LogP contribution in [0.3, 0.4) is 0 Å². The van der Waals surface area contributed by atoms with Crippen LogP contribution in [0.5, 0.6) is 11.5 Å². The van der Waals surface area contributed by atoms with E-state index in [-0.39, 0.29) is 11.9 Å². The second-order valence-corrected chi connectivity index (χ2v) is 7.83. The highest BCUT2D eigenvalue weighted by Gasteiger charge is 2.11. The van der Waals surface area contributed by atoms with E-state index in [2.05, 4.69) is 36.3 Å². The molecular formula is C30H36N2O2. The van der Waals surface area contributed by atoms with Crippen LogP contribution in [0, 0.1) is 13.8 Å². The van der Waals surface area contributed by atoms with Crippen molar-refractivity contribution >= 4 is 16.8 Å². The van der Waals surface area contributed by atoms with Gasteiger partial charge in [0.2, 0.25) is 0 Å². The molecule has 0 spiro atoms. The van der Waals surface area contributed by atoms with Gasteiger partial charge in [-0.2, -0.15) is 0 Å². The van der Waals surface area contributed by atoms with Crippen molar-refractivity contribution in [2.75, 3.05) is 0 Å². The molecule has 4 heteroatoms. The Morgan fingerprint density at radius 2 is 1.53 bits per heavy atom. The molecule has 1 atom stereocenters. The second-order valence-electron chi connectivity index (χ2n) is 7.83. The SMILES string of the molecule is CC.CCC(C)NC(=O)c1cccc(Oc2ccnc3cc(C)c(C)cc23)c1.c1ccccc1. The van der Waals surface area contributed by atoms with Gasteiger partial charge in [0.25, 0.3) is 5.91 Å². The molecule has 0 aliphatic rings. The van der Waals surface area contributed by atoms with E-state index in [9.17, 15) is 4.79 Å². The van der Waals surface area contributed by atoms with Crippen LogP contribution in [0.25, 0.3) is 10.9 Å². The van der Waals surface area contributed by atoms with Crippen LogP contribution in [0.2, 0.25) is 0 Å². The molecule has 4 aromatic rings. The number of fused-ring (bicyclic) bond motifs is 1. The average molecular weight is 457 g/mol. The molecule has 0 saturated carbocycles. The van der Waals surface area contributed by atoms with Crippen molar-refractivity contribution in [3.05, 3.63) is 102 Å². The zero-order valence-corrected chi connectivity index (χ0v) is 21.1. The van der Waals surface area contributed by atoms with Crippen molar-refractivity contribution in [3.63, 3.8) is 0 Å². The number of benzene rings is 3. The summed E-state index contributed by atoms with van der Waals surface area (Å²) < 4.78 is 6.09. The van der Waals surface area contributed by atoms with Crippen molar-refractivity contribution in [1.29, 1.82) is 0 Å². The summed E-state index contributed by atoms with van der Waals surface area (Å²) >= 11 is 0. The number of hydrogen-bond donors (Lipinski definition) is 1. The van der Waals surface area contributed by atoms with E-state index in [1.807, 2.05) is 82.3 Å². The molecule has 4 nitrogen and oxygen atoms in total. The highest BCUT2D eigenvalue weighted by molar-refractivity contribution is 5.94. The minimum Gasteiger partial charge on any atom is -0.457 e. The van der Waals surface area contributed by atoms with Crippen LogP contribution >= 0.6 is 0 Å². The van der Waals surface area contributed by atoms with Crippen molar-refractivity contribution in [1.82, 2.24) is 10.3 Å². The van der Waals surface area contributed by atoms with E-state index >= 15 is 0 Å². The lowest BCUT2D eigenvalue weighted by Gasteiger charge is -2.13. The van der Waals surface area contributed by atoms with Gasteiger partial charge in [-0.3, -0.25) is 9.78 Å². The van der Waals surface area contributed by atoms with Crippen LogP contribution < -0.4 is 10.1 Å². The fraction of sp³-hybridized carbons (Fsp3) is 0.267. The molecule has 1 heterocycles. The third kappa shape index (κ3) is 7.73. The van der Waals surface area contributed by atoms with Crippen molar-refractivity contribution in [2.24, 2.45) is 0 Å². The molecule has 178 valence electrons. The minimum atomic E-state index is -0.0872. The Balaban J connectivity index is 0.000000437. The molecule has 0 saturated heterocycles. The van der Waals surface area contributed by atoms with Gasteiger partial charge in [0.15, 0.2) is 0 Å². The van der Waals surface area contributed by atoms with Crippen LogP contribution in [-0.4, -0.2) is 16.9 Å². The molecule has 0 fully saturated rings. The number of hydrogen-bond acceptors (Lipinski definition) is 3. The summed E-state index contributed by atoms with van der Waals surface area (Å²) in [5.41, 5.74) is 3.88. The summed E-state index contributed by atoms with van der Waals surface area (Å²) in [6.07, 6.45) is 2.63. The monoisotopic (exact) mass is 456 g/mol. The lowest BCUT2D eigenvalue weighted by atomic mass is 10.1. The average Bonchev–Trinajstić information content (AvgIpc) is 2.88. The van der Waals surface area contributed by atoms with Crippen molar-refractivity contribution in [3.8, 4) is 11.5 Å². The Morgan fingerprint density at radius 3 is 2.15 bits per heavy atom. The van der Waals surface area contributed by atoms with E-state index in [0.29, 0.717) is 11.3 Å². The van der Waals surface area contributed by atoms with Gasteiger partial charge in [0.05, 0.1) is 5.52 Å². The van der Waals surface area contributed by atoms with Gasteiger partial charge in [0.1, 0.15) is 11.5 Å². The summed E-state index contributed by atoms with van der Waals surface area (Å²) in [5.74, 6) is 1.28. The first-order valence-corrected chi connectivity index (χ1v) is 11.9. The Hall–Kier alpha value is -3.66. The Labute approximate surface area is 204 Å². The largest absolute Gasteiger partial charge is 0.457 e. The van der Waals surface area contributed by atoms with E-state index in [0.717, 1.165) is 23.1 Å². The lowest BCUT2D eigenvalue weighted by Crippen LogP contribution is -2.31. The molecular weight excluding hydrogens is 420 g/mol. The van der Waals surface area contributed by atoms with Gasteiger partial charge in [-0.1, -0.05) is 63.2 Å². The first-order chi connectivity index (χ1) is 16.5. The number of aromatic nitrogens is 1. The van der Waals surface area contributed by atoms with Gasteiger partial charge >= 0.3 is 0 Å². The first kappa shape index (κ1) is 26.6. The maximum Gasteiger partial charge on any atom is 0.251 e. The maximum atomic E-state index is 12.3. The minimum absolute atomic E-state index is 0.0872. The third-order valence-electron chi connectivity index (χ3n) is 5.30. The third-order valence-corrected chi connectivity index (χ3v) is 5.30. The fourth-order valence-electron chi connectivity index (χ4n) is 3.09. The van der Waals surface area contributed by atoms with Gasteiger partial charge in [-0.05, 0) is 74.7 Å². The van der Waals surface area contributed by atoms with Crippen molar-refractivity contribution < 1.29 is 9.53 Å². The van der Waals surface area contributed by atoms with E-state index in [1.165, 1.54) is 11.1 Å². The summed E-state index contributed by atoms with van der Waals surface area (Å²) in [5, 5.41) is 3.94. The normalized spacial score (nSPS) is 10.8. The van der Waals surface area contributed by atoms with Gasteiger partial charge in [-0.15, -0.1) is 0 Å². The Morgan fingerprint density at radius 1 is 0.912 bits per heavy atom. The molecule has 3 aromatic carbocycles. The summed E-state index contributed by atoms with van der Waals surface area (Å²) in [6.45, 7) is 12.2. The molecule has 1 amide bonds. The number of amides is 1. The van der Waals surface area contributed by atoms with Crippen LogP contribution in [-0.2, 0) is 0 Å². The van der Waals surface area contributed by atoms with Gasteiger partial charge in [0, 0.05) is 23.2 Å². The number of aryl methyl sites for hydroxylation is 2. The first-order valence-electron chi connectivity index (χ1n) is 11.9. The number of nitrogens with zero attached hydrogens (tertiary/aromatic N) is 1. The molecule has 4 rings (SSSR count). The second kappa shape index (κ2) is 13.8. The van der Waals surface area contributed by atoms with Gasteiger partial charge in [-0.25, -0.2) is 0 Å².